The van der Waals surface area contributed by atoms with Gasteiger partial charge in [0.2, 0.25) is 0 Å². The van der Waals surface area contributed by atoms with Crippen molar-refractivity contribution in [3.05, 3.63) is 0 Å². The van der Waals surface area contributed by atoms with Crippen molar-refractivity contribution >= 4 is 46.9 Å². The van der Waals surface area contributed by atoms with Crippen molar-refractivity contribution in [1.82, 2.24) is 0 Å². The van der Waals surface area contributed by atoms with E-state index in [0.29, 0.717) is 0 Å². The minimum atomic E-state index is -0.833. The highest BCUT2D eigenvalue weighted by molar-refractivity contribution is 5.75. The second kappa shape index (κ2) is 36.3. The van der Waals surface area contributed by atoms with Gasteiger partial charge < -0.3 is 30.6 Å². The van der Waals surface area contributed by atoms with E-state index in [0.717, 1.165) is 27.7 Å². The Bertz CT molecular complexity index is 188. The molecule has 0 fully saturated rings. The molecule has 0 heterocycles. The van der Waals surface area contributed by atoms with E-state index in [1.807, 2.05) is 0 Å². The number of hydrogen-bond acceptors (Lipinski definition) is 6. The minimum Gasteiger partial charge on any atom is -0.481 e. The van der Waals surface area contributed by atoms with E-state index in [9.17, 15) is 0 Å². The van der Waals surface area contributed by atoms with Gasteiger partial charge in [-0.3, -0.25) is 19.2 Å². The minimum absolute atomic E-state index is 0. The summed E-state index contributed by atoms with van der Waals surface area (Å²) in [5.74, 6) is -3.33. The van der Waals surface area contributed by atoms with Crippen molar-refractivity contribution in [2.45, 2.75) is 27.7 Å². The standard InChI is InChI=1S/4C2H4O2.C2H6O2.Mg.2H/c4*1-2(3)4;3-1-2-4;;;/h4*1H3,(H,3,4);3-4H,1-2H2;;;. The predicted octanol–water partition coefficient (Wildman–Crippen LogP) is -1.58. The van der Waals surface area contributed by atoms with Crippen LogP contribution in [0.3, 0.4) is 0 Å². The summed E-state index contributed by atoms with van der Waals surface area (Å²) in [5.41, 5.74) is 0. The quantitative estimate of drug-likeness (QED) is 0.306. The number of aliphatic hydroxyl groups is 2. The number of aliphatic hydroxyl groups excluding tert-OH is 2. The zero-order chi connectivity index (χ0) is 17.7. The van der Waals surface area contributed by atoms with Crippen molar-refractivity contribution in [3.8, 4) is 0 Å². The van der Waals surface area contributed by atoms with E-state index in [1.165, 1.54) is 0 Å². The van der Waals surface area contributed by atoms with Gasteiger partial charge in [0.1, 0.15) is 0 Å². The maximum Gasteiger partial charge on any atom is 0.316 e. The van der Waals surface area contributed by atoms with E-state index in [4.69, 9.17) is 49.8 Å². The second-order valence-corrected chi connectivity index (χ2v) is 2.52. The number of rotatable bonds is 1. The van der Waals surface area contributed by atoms with Crippen LogP contribution in [-0.4, -0.2) is 90.8 Å². The summed E-state index contributed by atoms with van der Waals surface area (Å²) in [7, 11) is 0. The Balaban J connectivity index is -0.0000000331. The van der Waals surface area contributed by atoms with E-state index >= 15 is 0 Å². The molecule has 0 aliphatic carbocycles. The molecule has 21 heavy (non-hydrogen) atoms. The molecule has 0 saturated carbocycles. The fourth-order valence-corrected chi connectivity index (χ4v) is 0. The summed E-state index contributed by atoms with van der Waals surface area (Å²) in [4.78, 5) is 36.0. The van der Waals surface area contributed by atoms with Crippen LogP contribution in [0.15, 0.2) is 0 Å². The highest BCUT2D eigenvalue weighted by atomic mass is 24.3. The van der Waals surface area contributed by atoms with Gasteiger partial charge in [0.05, 0.1) is 13.2 Å². The molecule has 0 radical (unpaired) electrons. The Labute approximate surface area is 138 Å². The van der Waals surface area contributed by atoms with Gasteiger partial charge in [-0.25, -0.2) is 0 Å². The van der Waals surface area contributed by atoms with E-state index in [-0.39, 0.29) is 36.3 Å². The monoisotopic (exact) mass is 328 g/mol. The third-order valence-corrected chi connectivity index (χ3v) is 0.1000. The first-order valence-corrected chi connectivity index (χ1v) is 4.84. The van der Waals surface area contributed by atoms with Crippen LogP contribution in [0.1, 0.15) is 27.7 Å². The lowest BCUT2D eigenvalue weighted by atomic mass is 10.8. The molecule has 0 bridgehead atoms. The summed E-state index contributed by atoms with van der Waals surface area (Å²) in [6.45, 7) is 4.08. The molecule has 0 saturated heterocycles. The van der Waals surface area contributed by atoms with Crippen LogP contribution < -0.4 is 0 Å². The highest BCUT2D eigenvalue weighted by Gasteiger charge is 1.66. The lowest BCUT2D eigenvalue weighted by Gasteiger charge is -1.70. The molecular weight excluding hydrogens is 304 g/mol. The molecule has 0 aliphatic heterocycles. The van der Waals surface area contributed by atoms with Gasteiger partial charge in [-0.05, 0) is 0 Å². The Kier molecular flexibility index (Phi) is 63.3. The molecule has 0 aromatic heterocycles. The maximum absolute atomic E-state index is 9.00. The lowest BCUT2D eigenvalue weighted by Crippen LogP contribution is -1.85. The van der Waals surface area contributed by atoms with Gasteiger partial charge in [0, 0.05) is 27.7 Å². The first-order valence-electron chi connectivity index (χ1n) is 4.84. The molecule has 0 spiro atoms. The summed E-state index contributed by atoms with van der Waals surface area (Å²) in [6.07, 6.45) is 0. The Morgan fingerprint density at radius 3 is 0.619 bits per heavy atom. The van der Waals surface area contributed by atoms with Gasteiger partial charge in [0.25, 0.3) is 23.9 Å². The molecule has 0 aromatic carbocycles. The topological polar surface area (TPSA) is 190 Å². The number of carboxylic acid groups (broad SMARTS) is 4. The van der Waals surface area contributed by atoms with Crippen molar-refractivity contribution < 1.29 is 49.8 Å². The molecule has 0 amide bonds. The zero-order valence-electron chi connectivity index (χ0n) is 11.7. The van der Waals surface area contributed by atoms with E-state index in [1.54, 1.807) is 0 Å². The number of hydrogen-bond donors (Lipinski definition) is 6. The molecule has 6 N–H and O–H groups in total. The van der Waals surface area contributed by atoms with Crippen LogP contribution in [0.4, 0.5) is 0 Å². The molecule has 126 valence electrons. The van der Waals surface area contributed by atoms with Crippen LogP contribution in [0.2, 0.25) is 0 Å². The maximum atomic E-state index is 9.00. The molecular formula is C10H24MgO10. The molecule has 11 heteroatoms. The first kappa shape index (κ1) is 36.6. The average molecular weight is 329 g/mol. The average Bonchev–Trinajstić information content (AvgIpc) is 2.13. The smallest absolute Gasteiger partial charge is 0.316 e. The fraction of sp³-hybridized carbons (Fsp3) is 0.600. The number of carbonyl (C=O) groups is 4. The van der Waals surface area contributed by atoms with Gasteiger partial charge in [-0.1, -0.05) is 0 Å². The van der Waals surface area contributed by atoms with Crippen molar-refractivity contribution in [3.63, 3.8) is 0 Å². The van der Waals surface area contributed by atoms with Gasteiger partial charge in [0.15, 0.2) is 0 Å². The summed E-state index contributed by atoms with van der Waals surface area (Å²) >= 11 is 0. The lowest BCUT2D eigenvalue weighted by molar-refractivity contribution is -0.135. The zero-order valence-corrected chi connectivity index (χ0v) is 11.7. The Morgan fingerprint density at radius 2 is 0.619 bits per heavy atom. The van der Waals surface area contributed by atoms with Crippen molar-refractivity contribution in [2.24, 2.45) is 0 Å². The fourth-order valence-electron chi connectivity index (χ4n) is 0. The third kappa shape index (κ3) is 27100. The van der Waals surface area contributed by atoms with Gasteiger partial charge in [-0.15, -0.1) is 0 Å². The van der Waals surface area contributed by atoms with Crippen LogP contribution in [0.25, 0.3) is 0 Å². The Morgan fingerprint density at radius 1 is 0.571 bits per heavy atom. The first-order chi connectivity index (χ1) is 8.84. The molecule has 0 aliphatic rings. The van der Waals surface area contributed by atoms with E-state index in [2.05, 4.69) is 0 Å². The van der Waals surface area contributed by atoms with Crippen LogP contribution in [0.5, 0.6) is 0 Å². The van der Waals surface area contributed by atoms with E-state index < -0.39 is 23.9 Å². The summed E-state index contributed by atoms with van der Waals surface area (Å²) < 4.78 is 0. The summed E-state index contributed by atoms with van der Waals surface area (Å²) in [6, 6.07) is 0. The molecule has 0 atom stereocenters. The van der Waals surface area contributed by atoms with Crippen LogP contribution >= 0.6 is 0 Å². The number of carboxylic acids is 4. The SMILES string of the molecule is CC(=O)O.CC(=O)O.CC(=O)O.CC(=O)O.OCCO.[MgH2]. The third-order valence-electron chi connectivity index (χ3n) is 0.1000. The van der Waals surface area contributed by atoms with Crippen molar-refractivity contribution in [1.29, 1.82) is 0 Å². The predicted molar refractivity (Wildman–Crippen MR) is 76.0 cm³/mol. The molecule has 0 rings (SSSR count). The molecule has 0 unspecified atom stereocenters. The van der Waals surface area contributed by atoms with Crippen LogP contribution in [0, 0.1) is 0 Å². The molecule has 10 nitrogen and oxygen atoms in total. The molecule has 0 aromatic rings. The largest absolute Gasteiger partial charge is 0.481 e. The summed E-state index contributed by atoms with van der Waals surface area (Å²) in [5, 5.41) is 44.9. The number of aliphatic carboxylic acids is 4. The Hall–Kier alpha value is -1.43. The van der Waals surface area contributed by atoms with Gasteiger partial charge in [-0.2, -0.15) is 0 Å². The second-order valence-electron chi connectivity index (χ2n) is 2.52. The normalized spacial score (nSPS) is 6.19. The van der Waals surface area contributed by atoms with Gasteiger partial charge >= 0.3 is 23.1 Å². The highest BCUT2D eigenvalue weighted by Crippen LogP contribution is 1.43. The van der Waals surface area contributed by atoms with Crippen LogP contribution in [-0.2, 0) is 19.2 Å². The van der Waals surface area contributed by atoms with Crippen molar-refractivity contribution in [2.75, 3.05) is 13.2 Å².